The van der Waals surface area contributed by atoms with E-state index in [2.05, 4.69) is 15.3 Å². The number of rotatable bonds is 3. The molecule has 0 aliphatic heterocycles. The topological polar surface area (TPSA) is 68.0 Å². The van der Waals surface area contributed by atoms with Gasteiger partial charge in [0.15, 0.2) is 5.58 Å². The van der Waals surface area contributed by atoms with Crippen molar-refractivity contribution in [2.45, 2.75) is 0 Å². The van der Waals surface area contributed by atoms with Crippen LogP contribution < -0.4 is 5.32 Å². The SMILES string of the molecule is O=C(Nc1ccccc1-c1nc2cc(Cl)ccc2o1)c1ccncc1. The van der Waals surface area contributed by atoms with Crippen LogP contribution in [-0.4, -0.2) is 15.9 Å². The normalized spacial score (nSPS) is 10.8. The number of halogens is 1. The number of anilines is 1. The molecule has 0 radical (unpaired) electrons. The van der Waals surface area contributed by atoms with Gasteiger partial charge in [-0.1, -0.05) is 23.7 Å². The zero-order chi connectivity index (χ0) is 17.2. The number of carbonyl (C=O) groups is 1. The van der Waals surface area contributed by atoms with Crippen LogP contribution in [0.1, 0.15) is 10.4 Å². The highest BCUT2D eigenvalue weighted by molar-refractivity contribution is 6.31. The lowest BCUT2D eigenvalue weighted by Gasteiger charge is -2.08. The highest BCUT2D eigenvalue weighted by atomic mass is 35.5. The van der Waals surface area contributed by atoms with Crippen LogP contribution >= 0.6 is 11.6 Å². The molecule has 0 aliphatic rings. The van der Waals surface area contributed by atoms with Crippen molar-refractivity contribution in [1.29, 1.82) is 0 Å². The Morgan fingerprint density at radius 3 is 2.68 bits per heavy atom. The van der Waals surface area contributed by atoms with Gasteiger partial charge in [-0.05, 0) is 42.5 Å². The molecule has 6 heteroatoms. The highest BCUT2D eigenvalue weighted by Crippen LogP contribution is 2.31. The average molecular weight is 350 g/mol. The molecule has 0 unspecified atom stereocenters. The molecule has 122 valence electrons. The molecule has 2 aromatic carbocycles. The van der Waals surface area contributed by atoms with Crippen LogP contribution in [0.4, 0.5) is 5.69 Å². The minimum atomic E-state index is -0.228. The Bertz CT molecular complexity index is 1060. The molecule has 1 N–H and O–H groups in total. The average Bonchev–Trinajstić information content (AvgIpc) is 3.06. The molecule has 0 fully saturated rings. The van der Waals surface area contributed by atoms with E-state index in [0.717, 1.165) is 0 Å². The number of oxazole rings is 1. The fraction of sp³-hybridized carbons (Fsp3) is 0. The van der Waals surface area contributed by atoms with Crippen LogP contribution in [0.2, 0.25) is 5.02 Å². The van der Waals surface area contributed by atoms with Gasteiger partial charge in [0.2, 0.25) is 5.89 Å². The second-order valence-electron chi connectivity index (χ2n) is 5.37. The second-order valence-corrected chi connectivity index (χ2v) is 5.80. The van der Waals surface area contributed by atoms with Crippen LogP contribution in [-0.2, 0) is 0 Å². The number of fused-ring (bicyclic) bond motifs is 1. The quantitative estimate of drug-likeness (QED) is 0.577. The number of aromatic nitrogens is 2. The smallest absolute Gasteiger partial charge is 0.255 e. The van der Waals surface area contributed by atoms with E-state index in [1.54, 1.807) is 48.8 Å². The Labute approximate surface area is 148 Å². The van der Waals surface area contributed by atoms with Crippen LogP contribution in [0.15, 0.2) is 71.4 Å². The standard InChI is InChI=1S/C19H12ClN3O2/c20-13-5-6-17-16(11-13)23-19(25-17)14-3-1-2-4-15(14)22-18(24)12-7-9-21-10-8-12/h1-11H,(H,22,24). The molecule has 25 heavy (non-hydrogen) atoms. The van der Waals surface area contributed by atoms with Gasteiger partial charge in [0.1, 0.15) is 5.52 Å². The molecule has 1 amide bonds. The molecule has 4 rings (SSSR count). The number of amides is 1. The van der Waals surface area contributed by atoms with E-state index < -0.39 is 0 Å². The summed E-state index contributed by atoms with van der Waals surface area (Å²) in [5.41, 5.74) is 3.13. The Balaban J connectivity index is 1.72. The summed E-state index contributed by atoms with van der Waals surface area (Å²) < 4.78 is 5.81. The maximum absolute atomic E-state index is 12.4. The van der Waals surface area contributed by atoms with Gasteiger partial charge in [-0.3, -0.25) is 9.78 Å². The Morgan fingerprint density at radius 1 is 1.04 bits per heavy atom. The molecule has 5 nitrogen and oxygen atoms in total. The zero-order valence-electron chi connectivity index (χ0n) is 12.9. The van der Waals surface area contributed by atoms with Crippen molar-refractivity contribution in [3.8, 4) is 11.5 Å². The first kappa shape index (κ1) is 15.4. The Hall–Kier alpha value is -3.18. The monoisotopic (exact) mass is 349 g/mol. The molecule has 0 atom stereocenters. The summed E-state index contributed by atoms with van der Waals surface area (Å²) in [7, 11) is 0. The van der Waals surface area contributed by atoms with Crippen molar-refractivity contribution in [3.05, 3.63) is 77.6 Å². The first-order valence-corrected chi connectivity index (χ1v) is 7.95. The van der Waals surface area contributed by atoms with E-state index in [9.17, 15) is 4.79 Å². The summed E-state index contributed by atoms with van der Waals surface area (Å²) in [5, 5.41) is 3.48. The number of nitrogens with zero attached hydrogens (tertiary/aromatic N) is 2. The lowest BCUT2D eigenvalue weighted by molar-refractivity contribution is 0.102. The molecule has 0 bridgehead atoms. The summed E-state index contributed by atoms with van der Waals surface area (Å²) in [6.45, 7) is 0. The molecular formula is C19H12ClN3O2. The minimum Gasteiger partial charge on any atom is -0.436 e. The predicted octanol–water partition coefficient (Wildman–Crippen LogP) is 4.80. The van der Waals surface area contributed by atoms with Crippen molar-refractivity contribution in [1.82, 2.24) is 9.97 Å². The van der Waals surface area contributed by atoms with Gasteiger partial charge >= 0.3 is 0 Å². The number of para-hydroxylation sites is 1. The van der Waals surface area contributed by atoms with Crippen molar-refractivity contribution in [3.63, 3.8) is 0 Å². The Kier molecular flexibility index (Phi) is 3.91. The van der Waals surface area contributed by atoms with E-state index >= 15 is 0 Å². The molecule has 0 saturated heterocycles. The molecule has 0 aliphatic carbocycles. The van der Waals surface area contributed by atoms with Gasteiger partial charge in [-0.15, -0.1) is 0 Å². The lowest BCUT2D eigenvalue weighted by Crippen LogP contribution is -2.12. The van der Waals surface area contributed by atoms with Crippen molar-refractivity contribution in [2.75, 3.05) is 5.32 Å². The summed E-state index contributed by atoms with van der Waals surface area (Å²) in [4.78, 5) is 20.8. The van der Waals surface area contributed by atoms with Crippen molar-refractivity contribution < 1.29 is 9.21 Å². The summed E-state index contributed by atoms with van der Waals surface area (Å²) in [6.07, 6.45) is 3.15. The first-order chi connectivity index (χ1) is 12.2. The summed E-state index contributed by atoms with van der Waals surface area (Å²) in [5.74, 6) is 0.192. The Morgan fingerprint density at radius 2 is 1.84 bits per heavy atom. The second kappa shape index (κ2) is 6.37. The van der Waals surface area contributed by atoms with E-state index in [1.165, 1.54) is 0 Å². The van der Waals surface area contributed by atoms with E-state index in [0.29, 0.717) is 38.8 Å². The summed E-state index contributed by atoms with van der Waals surface area (Å²) >= 11 is 6.00. The lowest BCUT2D eigenvalue weighted by atomic mass is 10.1. The van der Waals surface area contributed by atoms with Gasteiger partial charge < -0.3 is 9.73 Å². The molecule has 0 spiro atoms. The van der Waals surface area contributed by atoms with Crippen LogP contribution in [0.5, 0.6) is 0 Å². The molecule has 2 heterocycles. The molecule has 4 aromatic rings. The summed E-state index contributed by atoms with van der Waals surface area (Å²) in [6, 6.07) is 15.9. The van der Waals surface area contributed by atoms with Crippen molar-refractivity contribution >= 4 is 34.3 Å². The fourth-order valence-electron chi connectivity index (χ4n) is 2.49. The first-order valence-electron chi connectivity index (χ1n) is 7.57. The van der Waals surface area contributed by atoms with Crippen molar-refractivity contribution in [2.24, 2.45) is 0 Å². The highest BCUT2D eigenvalue weighted by Gasteiger charge is 2.14. The van der Waals surface area contributed by atoms with E-state index in [4.69, 9.17) is 16.0 Å². The number of benzene rings is 2. The third kappa shape index (κ3) is 3.09. The third-order valence-corrected chi connectivity index (χ3v) is 3.93. The number of pyridine rings is 1. The maximum Gasteiger partial charge on any atom is 0.255 e. The number of hydrogen-bond donors (Lipinski definition) is 1. The molecule has 0 saturated carbocycles. The van der Waals surface area contributed by atoms with Gasteiger partial charge in [0.25, 0.3) is 5.91 Å². The molecule has 2 aromatic heterocycles. The van der Waals surface area contributed by atoms with Crippen LogP contribution in [0, 0.1) is 0 Å². The van der Waals surface area contributed by atoms with Crippen LogP contribution in [0.25, 0.3) is 22.6 Å². The largest absolute Gasteiger partial charge is 0.436 e. The van der Waals surface area contributed by atoms with Gasteiger partial charge in [-0.25, -0.2) is 4.98 Å². The van der Waals surface area contributed by atoms with E-state index in [1.807, 2.05) is 18.2 Å². The molecular weight excluding hydrogens is 338 g/mol. The minimum absolute atomic E-state index is 0.228. The maximum atomic E-state index is 12.4. The number of hydrogen-bond acceptors (Lipinski definition) is 4. The fourth-order valence-corrected chi connectivity index (χ4v) is 2.66. The van der Waals surface area contributed by atoms with Gasteiger partial charge in [0, 0.05) is 23.0 Å². The number of carbonyl (C=O) groups excluding carboxylic acids is 1. The van der Waals surface area contributed by atoms with E-state index in [-0.39, 0.29) is 5.91 Å². The zero-order valence-corrected chi connectivity index (χ0v) is 13.7. The van der Waals surface area contributed by atoms with Gasteiger partial charge in [0.05, 0.1) is 11.3 Å². The number of nitrogens with one attached hydrogen (secondary N) is 1. The third-order valence-electron chi connectivity index (χ3n) is 3.70. The van der Waals surface area contributed by atoms with Gasteiger partial charge in [-0.2, -0.15) is 0 Å². The predicted molar refractivity (Wildman–Crippen MR) is 96.6 cm³/mol. The van der Waals surface area contributed by atoms with Crippen LogP contribution in [0.3, 0.4) is 0 Å².